The third-order valence-electron chi connectivity index (χ3n) is 5.77. The summed E-state index contributed by atoms with van der Waals surface area (Å²) in [7, 11) is 2.10. The molecule has 0 aliphatic carbocycles. The van der Waals surface area contributed by atoms with Crippen molar-refractivity contribution in [2.24, 2.45) is 0 Å². The standard InChI is InChI=1S/C25H26F3N3/c1-29-19-31(16-21-9-11-23(12-10-21)25(26,27)28)18-22-17-30(15-13-24(22)29)14-5-8-20-6-3-2-4-7-20/h2-4,6-7,9-12H,13-19H2,1H3. The zero-order chi connectivity index (χ0) is 21.8. The molecule has 0 aromatic heterocycles. The molecule has 2 aliphatic rings. The van der Waals surface area contributed by atoms with E-state index in [4.69, 9.17) is 0 Å². The van der Waals surface area contributed by atoms with Gasteiger partial charge < -0.3 is 4.90 Å². The molecule has 2 aromatic carbocycles. The van der Waals surface area contributed by atoms with E-state index >= 15 is 0 Å². The second-order valence-corrected chi connectivity index (χ2v) is 8.20. The monoisotopic (exact) mass is 425 g/mol. The Morgan fingerprint density at radius 2 is 1.65 bits per heavy atom. The second-order valence-electron chi connectivity index (χ2n) is 8.20. The lowest BCUT2D eigenvalue weighted by molar-refractivity contribution is -0.137. The van der Waals surface area contributed by atoms with Crippen LogP contribution in [0.5, 0.6) is 0 Å². The van der Waals surface area contributed by atoms with Gasteiger partial charge in [0.1, 0.15) is 0 Å². The van der Waals surface area contributed by atoms with Gasteiger partial charge in [-0.2, -0.15) is 13.2 Å². The molecule has 6 heteroatoms. The van der Waals surface area contributed by atoms with E-state index in [0.717, 1.165) is 50.4 Å². The van der Waals surface area contributed by atoms with Crippen molar-refractivity contribution in [3.63, 3.8) is 0 Å². The number of rotatable bonds is 3. The highest BCUT2D eigenvalue weighted by Gasteiger charge is 2.30. The van der Waals surface area contributed by atoms with Crippen LogP contribution in [0.15, 0.2) is 65.9 Å². The quantitative estimate of drug-likeness (QED) is 0.674. The summed E-state index contributed by atoms with van der Waals surface area (Å²) in [5.74, 6) is 6.50. The van der Waals surface area contributed by atoms with E-state index in [-0.39, 0.29) is 0 Å². The molecule has 0 N–H and O–H groups in total. The number of benzene rings is 2. The Kier molecular flexibility index (Phi) is 6.35. The lowest BCUT2D eigenvalue weighted by Gasteiger charge is -2.42. The number of hydrogen-bond acceptors (Lipinski definition) is 3. The van der Waals surface area contributed by atoms with Gasteiger partial charge in [0.25, 0.3) is 0 Å². The van der Waals surface area contributed by atoms with Crippen LogP contribution < -0.4 is 0 Å². The van der Waals surface area contributed by atoms with Gasteiger partial charge in [-0.15, -0.1) is 0 Å². The van der Waals surface area contributed by atoms with Crippen LogP contribution in [0.3, 0.4) is 0 Å². The number of alkyl halides is 3. The van der Waals surface area contributed by atoms with Crippen LogP contribution >= 0.6 is 0 Å². The molecule has 31 heavy (non-hydrogen) atoms. The molecular formula is C25H26F3N3. The first kappa shape index (κ1) is 21.5. The average Bonchev–Trinajstić information content (AvgIpc) is 2.74. The molecule has 0 spiro atoms. The minimum atomic E-state index is -4.29. The summed E-state index contributed by atoms with van der Waals surface area (Å²) < 4.78 is 38.4. The molecule has 162 valence electrons. The molecule has 0 radical (unpaired) electrons. The maximum absolute atomic E-state index is 12.8. The van der Waals surface area contributed by atoms with E-state index in [1.807, 2.05) is 30.3 Å². The van der Waals surface area contributed by atoms with Crippen molar-refractivity contribution < 1.29 is 13.2 Å². The molecule has 0 amide bonds. The molecule has 3 nitrogen and oxygen atoms in total. The van der Waals surface area contributed by atoms with Crippen LogP contribution in [0.1, 0.15) is 23.1 Å². The van der Waals surface area contributed by atoms with E-state index in [9.17, 15) is 13.2 Å². The predicted molar refractivity (Wildman–Crippen MR) is 116 cm³/mol. The van der Waals surface area contributed by atoms with E-state index in [1.54, 1.807) is 12.1 Å². The molecule has 0 fully saturated rings. The normalized spacial score (nSPS) is 17.9. The molecule has 2 aromatic rings. The summed E-state index contributed by atoms with van der Waals surface area (Å²) in [4.78, 5) is 6.92. The fourth-order valence-corrected chi connectivity index (χ4v) is 4.26. The smallest absolute Gasteiger partial charge is 0.365 e. The van der Waals surface area contributed by atoms with E-state index in [1.165, 1.54) is 23.4 Å². The first-order valence-corrected chi connectivity index (χ1v) is 10.5. The summed E-state index contributed by atoms with van der Waals surface area (Å²) in [5.41, 5.74) is 4.10. The van der Waals surface area contributed by atoms with Crippen molar-refractivity contribution in [1.82, 2.24) is 14.7 Å². The van der Waals surface area contributed by atoms with Gasteiger partial charge in [0, 0.05) is 50.9 Å². The van der Waals surface area contributed by atoms with Crippen LogP contribution in [0, 0.1) is 11.8 Å². The number of hydrogen-bond donors (Lipinski definition) is 0. The summed E-state index contributed by atoms with van der Waals surface area (Å²) in [6, 6.07) is 15.5. The zero-order valence-corrected chi connectivity index (χ0v) is 17.6. The van der Waals surface area contributed by atoms with Crippen molar-refractivity contribution in [2.75, 3.05) is 39.9 Å². The van der Waals surface area contributed by atoms with Crippen molar-refractivity contribution >= 4 is 0 Å². The molecule has 0 bridgehead atoms. The Balaban J connectivity index is 1.37. The molecule has 0 unspecified atom stereocenters. The fraction of sp³-hybridized carbons (Fsp3) is 0.360. The van der Waals surface area contributed by atoms with Gasteiger partial charge in [-0.05, 0) is 35.4 Å². The van der Waals surface area contributed by atoms with Crippen LogP contribution in [0.4, 0.5) is 13.2 Å². The highest BCUT2D eigenvalue weighted by atomic mass is 19.4. The van der Waals surface area contributed by atoms with Crippen molar-refractivity contribution in [3.8, 4) is 11.8 Å². The van der Waals surface area contributed by atoms with Gasteiger partial charge in [-0.1, -0.05) is 42.2 Å². The highest BCUT2D eigenvalue weighted by molar-refractivity contribution is 5.34. The lowest BCUT2D eigenvalue weighted by Crippen LogP contribution is -2.47. The van der Waals surface area contributed by atoms with Crippen LogP contribution in [-0.2, 0) is 12.7 Å². The summed E-state index contributed by atoms with van der Waals surface area (Å²) in [6.45, 7) is 4.86. The summed E-state index contributed by atoms with van der Waals surface area (Å²) in [6.07, 6.45) is -3.29. The first-order valence-electron chi connectivity index (χ1n) is 10.5. The lowest BCUT2D eigenvalue weighted by atomic mass is 10.0. The van der Waals surface area contributed by atoms with Gasteiger partial charge in [-0.25, -0.2) is 0 Å². The zero-order valence-electron chi connectivity index (χ0n) is 17.6. The van der Waals surface area contributed by atoms with Crippen LogP contribution in [0.2, 0.25) is 0 Å². The predicted octanol–water partition coefficient (Wildman–Crippen LogP) is 4.42. The molecule has 2 aliphatic heterocycles. The van der Waals surface area contributed by atoms with E-state index in [0.29, 0.717) is 6.54 Å². The Bertz CT molecular complexity index is 985. The molecule has 0 saturated heterocycles. The van der Waals surface area contributed by atoms with Crippen LogP contribution in [0.25, 0.3) is 0 Å². The number of nitrogens with zero attached hydrogens (tertiary/aromatic N) is 3. The molecular weight excluding hydrogens is 399 g/mol. The first-order chi connectivity index (χ1) is 14.9. The van der Waals surface area contributed by atoms with Gasteiger partial charge in [0.15, 0.2) is 0 Å². The maximum atomic E-state index is 12.8. The number of halogens is 3. The second kappa shape index (κ2) is 9.17. The Labute approximate surface area is 181 Å². The average molecular weight is 425 g/mol. The summed E-state index contributed by atoms with van der Waals surface area (Å²) >= 11 is 0. The Hall–Kier alpha value is -2.75. The van der Waals surface area contributed by atoms with Crippen molar-refractivity contribution in [2.45, 2.75) is 19.1 Å². The largest absolute Gasteiger partial charge is 0.416 e. The minimum Gasteiger partial charge on any atom is -0.365 e. The molecule has 4 rings (SSSR count). The highest BCUT2D eigenvalue weighted by Crippen LogP contribution is 2.30. The third-order valence-corrected chi connectivity index (χ3v) is 5.77. The topological polar surface area (TPSA) is 9.72 Å². The van der Waals surface area contributed by atoms with Crippen molar-refractivity contribution in [1.29, 1.82) is 0 Å². The Morgan fingerprint density at radius 1 is 0.935 bits per heavy atom. The minimum absolute atomic E-state index is 0.600. The van der Waals surface area contributed by atoms with Crippen LogP contribution in [-0.4, -0.2) is 54.6 Å². The SMILES string of the molecule is CN1CN(Cc2ccc(C(F)(F)F)cc2)CC2=C1CCN(CC#Cc1ccccc1)C2. The van der Waals surface area contributed by atoms with Gasteiger partial charge in [-0.3, -0.25) is 9.80 Å². The third kappa shape index (κ3) is 5.49. The van der Waals surface area contributed by atoms with Gasteiger partial charge >= 0.3 is 6.18 Å². The maximum Gasteiger partial charge on any atom is 0.416 e. The van der Waals surface area contributed by atoms with E-state index in [2.05, 4.69) is 33.6 Å². The summed E-state index contributed by atoms with van der Waals surface area (Å²) in [5, 5.41) is 0. The Morgan fingerprint density at radius 3 is 2.35 bits per heavy atom. The van der Waals surface area contributed by atoms with Crippen molar-refractivity contribution in [3.05, 3.63) is 82.6 Å². The van der Waals surface area contributed by atoms with Gasteiger partial charge in [0.05, 0.1) is 18.8 Å². The molecule has 0 saturated carbocycles. The fourth-order valence-electron chi connectivity index (χ4n) is 4.26. The molecule has 2 heterocycles. The molecule has 0 atom stereocenters. The van der Waals surface area contributed by atoms with Gasteiger partial charge in [0.2, 0.25) is 0 Å². The van der Waals surface area contributed by atoms with E-state index < -0.39 is 11.7 Å².